The molecule has 0 saturated carbocycles. The summed E-state index contributed by atoms with van der Waals surface area (Å²) in [7, 11) is 2.25. The summed E-state index contributed by atoms with van der Waals surface area (Å²) < 4.78 is 0. The molecule has 0 aromatic carbocycles. The summed E-state index contributed by atoms with van der Waals surface area (Å²) in [6, 6.07) is 0. The van der Waals surface area contributed by atoms with Crippen molar-refractivity contribution < 1.29 is 44.9 Å². The van der Waals surface area contributed by atoms with Crippen molar-refractivity contribution in [1.29, 1.82) is 0 Å². The van der Waals surface area contributed by atoms with Gasteiger partial charge in [0.2, 0.25) is 0 Å². The molecule has 0 N–H and O–H groups in total. The number of rotatable bonds is 0. The first-order valence-corrected chi connectivity index (χ1v) is 1.22. The summed E-state index contributed by atoms with van der Waals surface area (Å²) in [5.41, 5.74) is 0. The van der Waals surface area contributed by atoms with Crippen LogP contribution in [-0.2, 0) is 0 Å². The average Bonchev–Trinajstić information content (AvgIpc) is 1.81. The van der Waals surface area contributed by atoms with Crippen molar-refractivity contribution in [2.24, 2.45) is 0 Å². The van der Waals surface area contributed by atoms with Crippen molar-refractivity contribution in [3.63, 3.8) is 0 Å². The molecule has 0 aliphatic rings. The fourth-order valence-electron chi connectivity index (χ4n) is 0. The first-order valence-electron chi connectivity index (χ1n) is 1.22. The van der Waals surface area contributed by atoms with Crippen LogP contribution in [0.1, 0.15) is 0 Å². The predicted octanol–water partition coefficient (Wildman–Crippen LogP) is -6.45. The molecule has 8 heavy (non-hydrogen) atoms. The van der Waals surface area contributed by atoms with E-state index in [2.05, 4.69) is 0 Å². The van der Waals surface area contributed by atoms with E-state index in [0.717, 1.165) is 21.3 Å². The fraction of sp³-hybridized carbons (Fsp3) is 1.00. The van der Waals surface area contributed by atoms with Crippen molar-refractivity contribution in [3.05, 3.63) is 0 Å². The van der Waals surface area contributed by atoms with Gasteiger partial charge in [0.25, 0.3) is 0 Å². The molecular weight excluding hydrogens is 131 g/mol. The maximum absolute atomic E-state index is 8.25. The van der Waals surface area contributed by atoms with Gasteiger partial charge >= 0.3 is 52.6 Å². The van der Waals surface area contributed by atoms with E-state index in [-0.39, 0.29) is 52.6 Å². The van der Waals surface area contributed by atoms with Gasteiger partial charge in [0.05, 0.1) is 0 Å². The Kier molecular flexibility index (Phi) is 779. The summed E-state index contributed by atoms with van der Waals surface area (Å²) in [6.45, 7) is 0. The van der Waals surface area contributed by atoms with Gasteiger partial charge in [-0.3, -0.25) is 0 Å². The van der Waals surface area contributed by atoms with Crippen LogP contribution in [0.25, 0.3) is 0 Å². The first-order chi connectivity index (χ1) is 3.00. The molecule has 0 bridgehead atoms. The molecule has 3 nitrogen and oxygen atoms in total. The van der Waals surface area contributed by atoms with E-state index in [1.807, 2.05) is 0 Å². The second-order valence-corrected chi connectivity index (χ2v) is 0. The van der Waals surface area contributed by atoms with Gasteiger partial charge in [-0.2, -0.15) is 21.3 Å². The molecule has 0 aliphatic carbocycles. The minimum absolute atomic E-state index is 0. The van der Waals surface area contributed by atoms with Crippen LogP contribution in [0.5, 0.6) is 0 Å². The summed E-state index contributed by atoms with van der Waals surface area (Å²) in [5.74, 6) is 0. The second kappa shape index (κ2) is 187. The van der Waals surface area contributed by atoms with E-state index in [1.54, 1.807) is 0 Å². The van der Waals surface area contributed by atoms with Gasteiger partial charge in [-0.1, -0.05) is 0 Å². The molecule has 0 heterocycles. The quantitative estimate of drug-likeness (QED) is 0.314. The Morgan fingerprint density at radius 3 is 0.625 bits per heavy atom. The monoisotopic (exact) mass is 140 g/mol. The Morgan fingerprint density at radius 1 is 0.625 bits per heavy atom. The van der Waals surface area contributed by atoms with Crippen LogP contribution in [0.3, 0.4) is 0 Å². The first kappa shape index (κ1) is 33.4. The molecule has 0 spiro atoms. The van der Waals surface area contributed by atoms with Gasteiger partial charge in [-0.15, -0.1) is 0 Å². The van der Waals surface area contributed by atoms with E-state index in [0.29, 0.717) is 0 Å². The van der Waals surface area contributed by atoms with Gasteiger partial charge in [0.15, 0.2) is 0 Å². The van der Waals surface area contributed by atoms with Gasteiger partial charge in [0, 0.05) is 0 Å². The molecular formula is C3H9MgNaO3. The number of hydrogen-bond acceptors (Lipinski definition) is 3. The zero-order valence-electron chi connectivity index (χ0n) is 5.93. The Balaban J connectivity index is -0.00000000500. The Bertz CT molecular complexity index is 14.5. The molecule has 0 radical (unpaired) electrons. The smallest absolute Gasteiger partial charge is 0.857 e. The Labute approximate surface area is 88.5 Å². The van der Waals surface area contributed by atoms with Crippen molar-refractivity contribution in [1.82, 2.24) is 0 Å². The Hall–Kier alpha value is 1.65. The summed E-state index contributed by atoms with van der Waals surface area (Å²) >= 11 is 0. The van der Waals surface area contributed by atoms with Gasteiger partial charge in [-0.25, -0.2) is 0 Å². The van der Waals surface area contributed by atoms with Crippen LogP contribution >= 0.6 is 0 Å². The summed E-state index contributed by atoms with van der Waals surface area (Å²) in [6.07, 6.45) is 0. The SMILES string of the molecule is C[O-].C[O-].C[O-].[Mg+2].[Na+]. The normalized spacial score (nSPS) is 2.25. The zero-order valence-corrected chi connectivity index (χ0v) is 9.35. The predicted molar refractivity (Wildman–Crippen MR) is 23.5 cm³/mol. The minimum atomic E-state index is 0. The molecule has 0 saturated heterocycles. The summed E-state index contributed by atoms with van der Waals surface area (Å²) in [4.78, 5) is 0. The van der Waals surface area contributed by atoms with Gasteiger partial charge in [0.1, 0.15) is 0 Å². The maximum atomic E-state index is 8.25. The molecule has 5 heteroatoms. The van der Waals surface area contributed by atoms with Crippen LogP contribution in [0.2, 0.25) is 0 Å². The van der Waals surface area contributed by atoms with Crippen LogP contribution in [0, 0.1) is 0 Å². The van der Waals surface area contributed by atoms with E-state index in [9.17, 15) is 0 Å². The van der Waals surface area contributed by atoms with Gasteiger partial charge < -0.3 is 15.3 Å². The average molecular weight is 140 g/mol. The molecule has 0 aromatic heterocycles. The van der Waals surface area contributed by atoms with E-state index in [1.165, 1.54) is 0 Å². The van der Waals surface area contributed by atoms with E-state index in [4.69, 9.17) is 15.3 Å². The molecule has 0 amide bonds. The molecule has 0 aromatic rings. The van der Waals surface area contributed by atoms with Crippen LogP contribution in [0.15, 0.2) is 0 Å². The third-order valence-corrected chi connectivity index (χ3v) is 0. The molecule has 0 rings (SSSR count). The molecule has 42 valence electrons. The molecule has 0 atom stereocenters. The van der Waals surface area contributed by atoms with Crippen LogP contribution < -0.4 is 44.9 Å². The molecule has 0 aliphatic heterocycles. The van der Waals surface area contributed by atoms with Crippen molar-refractivity contribution in [2.45, 2.75) is 0 Å². The maximum Gasteiger partial charge on any atom is 2.00 e. The minimum Gasteiger partial charge on any atom is -0.857 e. The summed E-state index contributed by atoms with van der Waals surface area (Å²) in [5, 5.41) is 24.8. The van der Waals surface area contributed by atoms with E-state index < -0.39 is 0 Å². The van der Waals surface area contributed by atoms with E-state index >= 15 is 0 Å². The molecule has 0 unspecified atom stereocenters. The zero-order chi connectivity index (χ0) is 6.00. The topological polar surface area (TPSA) is 69.2 Å². The third-order valence-electron chi connectivity index (χ3n) is 0. The van der Waals surface area contributed by atoms with Crippen molar-refractivity contribution in [3.8, 4) is 0 Å². The third kappa shape index (κ3) is 125. The molecule has 0 fully saturated rings. The number of hydrogen-bond donors (Lipinski definition) is 0. The van der Waals surface area contributed by atoms with Crippen molar-refractivity contribution >= 4 is 23.1 Å². The van der Waals surface area contributed by atoms with Crippen molar-refractivity contribution in [2.75, 3.05) is 21.3 Å². The Morgan fingerprint density at radius 2 is 0.625 bits per heavy atom. The fourth-order valence-corrected chi connectivity index (χ4v) is 0. The standard InChI is InChI=1S/3CH3O.Mg.Na/c3*1-2;;/h3*1H3;;/q3*-1;+2;+1. The van der Waals surface area contributed by atoms with Crippen LogP contribution in [0.4, 0.5) is 0 Å². The van der Waals surface area contributed by atoms with Crippen LogP contribution in [-0.4, -0.2) is 44.4 Å². The largest absolute Gasteiger partial charge is 2.00 e. The van der Waals surface area contributed by atoms with Gasteiger partial charge in [-0.05, 0) is 0 Å². The second-order valence-electron chi connectivity index (χ2n) is 0.